The summed E-state index contributed by atoms with van der Waals surface area (Å²) in [5, 5.41) is 6.64. The van der Waals surface area contributed by atoms with E-state index in [-0.39, 0.29) is 0 Å². The minimum atomic E-state index is 0.500. The highest BCUT2D eigenvalue weighted by Crippen LogP contribution is 2.41. The number of hydrogen-bond donors (Lipinski definition) is 0. The van der Waals surface area contributed by atoms with Crippen molar-refractivity contribution in [3.05, 3.63) is 164 Å². The lowest BCUT2D eigenvalue weighted by molar-refractivity contribution is 1.13. The minimum Gasteiger partial charge on any atom is -0.309 e. The monoisotopic (exact) mass is 681 g/mol. The van der Waals surface area contributed by atoms with Gasteiger partial charge >= 0.3 is 0 Å². The molecule has 0 fully saturated rings. The van der Waals surface area contributed by atoms with Gasteiger partial charge in [-0.2, -0.15) is 0 Å². The molecule has 0 bridgehead atoms. The second-order valence-electron chi connectivity index (χ2n) is 13.0. The number of para-hydroxylation sites is 2. The SMILES string of the molecule is c1ccc(-c2nc(-c3nc(-c4ccc5c(c4)c4ccccc4n5-c4ccccc4)c4ccc5ccccc5c4n3)nc3c2sc2ccccc23)cc1. The van der Waals surface area contributed by atoms with Crippen molar-refractivity contribution in [2.75, 3.05) is 0 Å². The van der Waals surface area contributed by atoms with Crippen LogP contribution in [0.5, 0.6) is 0 Å². The second kappa shape index (κ2) is 11.4. The molecule has 0 amide bonds. The highest BCUT2D eigenvalue weighted by Gasteiger charge is 2.21. The molecule has 6 heteroatoms. The van der Waals surface area contributed by atoms with Crippen molar-refractivity contribution < 1.29 is 0 Å². The van der Waals surface area contributed by atoms with Crippen LogP contribution in [0.1, 0.15) is 0 Å². The topological polar surface area (TPSA) is 56.5 Å². The smallest absolute Gasteiger partial charge is 0.199 e. The van der Waals surface area contributed by atoms with Crippen LogP contribution in [-0.2, 0) is 0 Å². The maximum Gasteiger partial charge on any atom is 0.199 e. The van der Waals surface area contributed by atoms with Crippen LogP contribution in [0.25, 0.3) is 104 Å². The summed E-state index contributed by atoms with van der Waals surface area (Å²) in [6.45, 7) is 0. The zero-order valence-corrected chi connectivity index (χ0v) is 28.5. The Labute approximate surface area is 302 Å². The largest absolute Gasteiger partial charge is 0.309 e. The molecule has 0 N–H and O–H groups in total. The van der Waals surface area contributed by atoms with Gasteiger partial charge in [-0.3, -0.25) is 0 Å². The quantitative estimate of drug-likeness (QED) is 0.174. The lowest BCUT2D eigenvalue weighted by atomic mass is 10.0. The Kier molecular flexibility index (Phi) is 6.35. The van der Waals surface area contributed by atoms with Crippen molar-refractivity contribution in [2.24, 2.45) is 0 Å². The van der Waals surface area contributed by atoms with Gasteiger partial charge in [-0.05, 0) is 47.9 Å². The summed E-state index contributed by atoms with van der Waals surface area (Å²) in [4.78, 5) is 21.1. The van der Waals surface area contributed by atoms with Crippen LogP contribution in [0, 0.1) is 0 Å². The summed E-state index contributed by atoms with van der Waals surface area (Å²) in [5.41, 5.74) is 9.03. The fraction of sp³-hybridized carbons (Fsp3) is 0. The molecular formula is C46H27N5S. The summed E-state index contributed by atoms with van der Waals surface area (Å²) in [6, 6.07) is 57.4. The lowest BCUT2D eigenvalue weighted by Crippen LogP contribution is -2.01. The molecule has 4 aromatic heterocycles. The third-order valence-electron chi connectivity index (χ3n) is 10.0. The molecule has 0 radical (unpaired) electrons. The van der Waals surface area contributed by atoms with Crippen LogP contribution in [0.4, 0.5) is 0 Å². The first-order chi connectivity index (χ1) is 25.8. The second-order valence-corrected chi connectivity index (χ2v) is 14.1. The van der Waals surface area contributed by atoms with Crippen molar-refractivity contribution in [1.82, 2.24) is 24.5 Å². The van der Waals surface area contributed by atoms with Gasteiger partial charge in [0.2, 0.25) is 0 Å². The van der Waals surface area contributed by atoms with Crippen LogP contribution in [0.2, 0.25) is 0 Å². The highest BCUT2D eigenvalue weighted by atomic mass is 32.1. The van der Waals surface area contributed by atoms with Gasteiger partial charge in [-0.25, -0.2) is 19.9 Å². The van der Waals surface area contributed by atoms with Crippen LogP contribution in [0.3, 0.4) is 0 Å². The molecule has 0 aliphatic carbocycles. The predicted molar refractivity (Wildman–Crippen MR) is 216 cm³/mol. The van der Waals surface area contributed by atoms with E-state index in [1.807, 2.05) is 6.07 Å². The summed E-state index contributed by atoms with van der Waals surface area (Å²) in [5.74, 6) is 1.01. The van der Waals surface area contributed by atoms with Gasteiger partial charge in [-0.1, -0.05) is 121 Å². The Morgan fingerprint density at radius 3 is 1.90 bits per heavy atom. The van der Waals surface area contributed by atoms with Gasteiger partial charge in [0.15, 0.2) is 11.6 Å². The number of benzene rings is 7. The van der Waals surface area contributed by atoms with Gasteiger partial charge in [-0.15, -0.1) is 11.3 Å². The zero-order chi connectivity index (χ0) is 34.2. The van der Waals surface area contributed by atoms with Crippen LogP contribution in [0.15, 0.2) is 164 Å². The van der Waals surface area contributed by atoms with E-state index in [1.54, 1.807) is 11.3 Å². The first kappa shape index (κ1) is 29.0. The Balaban J connectivity index is 1.21. The van der Waals surface area contributed by atoms with E-state index < -0.39 is 0 Å². The fourth-order valence-corrected chi connectivity index (χ4v) is 8.80. The molecule has 4 heterocycles. The Morgan fingerprint density at radius 1 is 0.404 bits per heavy atom. The molecule has 0 saturated heterocycles. The van der Waals surface area contributed by atoms with E-state index in [0.29, 0.717) is 11.6 Å². The average Bonchev–Trinajstić information content (AvgIpc) is 3.76. The molecule has 242 valence electrons. The van der Waals surface area contributed by atoms with E-state index in [0.717, 1.165) is 71.0 Å². The van der Waals surface area contributed by atoms with Gasteiger partial charge < -0.3 is 4.57 Å². The van der Waals surface area contributed by atoms with Crippen LogP contribution >= 0.6 is 11.3 Å². The molecule has 5 nitrogen and oxygen atoms in total. The standard InChI is InChI=1S/C46H27N5S/c1-3-14-29(15-4-1)41-44-43(34-20-10-12-22-39(34)52-44)50-46(48-41)45-47-40(35-25-23-28-13-7-8-18-32(28)42(35)49-45)30-24-26-38-36(27-30)33-19-9-11-21-37(33)51(38)31-16-5-2-6-17-31/h1-27H. The Bertz CT molecular complexity index is 3180. The summed E-state index contributed by atoms with van der Waals surface area (Å²) in [6.07, 6.45) is 0. The highest BCUT2D eigenvalue weighted by molar-refractivity contribution is 7.26. The van der Waals surface area contributed by atoms with Gasteiger partial charge in [0, 0.05) is 48.4 Å². The maximum atomic E-state index is 5.37. The molecule has 7 aromatic carbocycles. The van der Waals surface area contributed by atoms with E-state index in [9.17, 15) is 0 Å². The Hall–Kier alpha value is -6.76. The normalized spacial score (nSPS) is 11.8. The lowest BCUT2D eigenvalue weighted by Gasteiger charge is -2.12. The van der Waals surface area contributed by atoms with Crippen molar-refractivity contribution in [3.63, 3.8) is 0 Å². The molecule has 0 unspecified atom stereocenters. The first-order valence-electron chi connectivity index (χ1n) is 17.3. The van der Waals surface area contributed by atoms with Crippen LogP contribution < -0.4 is 0 Å². The number of thiophene rings is 1. The predicted octanol–water partition coefficient (Wildman–Crippen LogP) is 12.0. The first-order valence-corrected chi connectivity index (χ1v) is 18.1. The molecule has 11 rings (SSSR count). The molecular weight excluding hydrogens is 655 g/mol. The molecule has 0 spiro atoms. The van der Waals surface area contributed by atoms with Gasteiger partial charge in [0.25, 0.3) is 0 Å². The molecule has 0 saturated carbocycles. The average molecular weight is 682 g/mol. The fourth-order valence-electron chi connectivity index (χ4n) is 7.64. The number of aromatic nitrogens is 5. The van der Waals surface area contributed by atoms with Crippen molar-refractivity contribution in [2.45, 2.75) is 0 Å². The minimum absolute atomic E-state index is 0.500. The van der Waals surface area contributed by atoms with Gasteiger partial charge in [0.1, 0.15) is 0 Å². The summed E-state index contributed by atoms with van der Waals surface area (Å²) in [7, 11) is 0. The third-order valence-corrected chi connectivity index (χ3v) is 11.2. The number of nitrogens with zero attached hydrogens (tertiary/aromatic N) is 5. The van der Waals surface area contributed by atoms with E-state index in [4.69, 9.17) is 19.9 Å². The zero-order valence-electron chi connectivity index (χ0n) is 27.7. The van der Waals surface area contributed by atoms with Crippen LogP contribution in [-0.4, -0.2) is 24.5 Å². The molecule has 52 heavy (non-hydrogen) atoms. The summed E-state index contributed by atoms with van der Waals surface area (Å²) >= 11 is 1.73. The molecule has 11 aromatic rings. The molecule has 0 aliphatic heterocycles. The number of hydrogen-bond acceptors (Lipinski definition) is 5. The van der Waals surface area contributed by atoms with Crippen molar-refractivity contribution in [1.29, 1.82) is 0 Å². The number of rotatable bonds is 4. The number of fused-ring (bicyclic) bond motifs is 9. The van der Waals surface area contributed by atoms with Crippen molar-refractivity contribution in [3.8, 4) is 39.9 Å². The van der Waals surface area contributed by atoms with E-state index in [2.05, 4.69) is 162 Å². The Morgan fingerprint density at radius 2 is 1.06 bits per heavy atom. The van der Waals surface area contributed by atoms with Gasteiger partial charge in [0.05, 0.1) is 38.2 Å². The third kappa shape index (κ3) is 4.41. The maximum absolute atomic E-state index is 5.37. The molecule has 0 aliphatic rings. The van der Waals surface area contributed by atoms with E-state index >= 15 is 0 Å². The van der Waals surface area contributed by atoms with E-state index in [1.165, 1.54) is 21.0 Å². The summed E-state index contributed by atoms with van der Waals surface area (Å²) < 4.78 is 4.57. The van der Waals surface area contributed by atoms with Crippen molar-refractivity contribution >= 4 is 75.1 Å². The molecule has 0 atom stereocenters.